The van der Waals surface area contributed by atoms with Crippen LogP contribution >= 0.6 is 11.6 Å². The van der Waals surface area contributed by atoms with Crippen molar-refractivity contribution in [2.75, 3.05) is 11.9 Å². The molecule has 0 unspecified atom stereocenters. The Kier molecular flexibility index (Phi) is 4.31. The molecule has 0 amide bonds. The summed E-state index contributed by atoms with van der Waals surface area (Å²) in [6.07, 6.45) is 2.09. The van der Waals surface area contributed by atoms with Crippen molar-refractivity contribution in [1.82, 2.24) is 9.97 Å². The van der Waals surface area contributed by atoms with Crippen molar-refractivity contribution in [2.45, 2.75) is 12.8 Å². The van der Waals surface area contributed by atoms with E-state index in [2.05, 4.69) is 39.6 Å². The minimum Gasteiger partial charge on any atom is -0.369 e. The third-order valence-corrected chi connectivity index (χ3v) is 3.52. The standard InChI is InChI=1S/C17H16ClN3/c18-17-20-15-11-5-4-10-14(15)16(21-17)19-12-6-9-13-7-2-1-3-8-13/h1-5,7-8,10-11H,6,9,12H2,(H,19,20,21). The van der Waals surface area contributed by atoms with Gasteiger partial charge in [-0.15, -0.1) is 0 Å². The highest BCUT2D eigenvalue weighted by atomic mass is 35.5. The number of benzene rings is 2. The summed E-state index contributed by atoms with van der Waals surface area (Å²) in [5, 5.41) is 4.64. The molecular formula is C17H16ClN3. The van der Waals surface area contributed by atoms with E-state index in [-0.39, 0.29) is 5.28 Å². The van der Waals surface area contributed by atoms with Crippen molar-refractivity contribution in [1.29, 1.82) is 0 Å². The number of rotatable bonds is 5. The molecule has 0 atom stereocenters. The van der Waals surface area contributed by atoms with Gasteiger partial charge in [0.15, 0.2) is 0 Å². The molecule has 4 heteroatoms. The summed E-state index contributed by atoms with van der Waals surface area (Å²) in [6.45, 7) is 0.853. The first-order valence-corrected chi connectivity index (χ1v) is 7.41. The molecule has 106 valence electrons. The van der Waals surface area contributed by atoms with Gasteiger partial charge in [0.2, 0.25) is 5.28 Å². The Morgan fingerprint density at radius 2 is 1.67 bits per heavy atom. The maximum atomic E-state index is 5.97. The number of hydrogen-bond donors (Lipinski definition) is 1. The van der Waals surface area contributed by atoms with Gasteiger partial charge in [0.05, 0.1) is 5.52 Å². The van der Waals surface area contributed by atoms with Crippen LogP contribution in [0.25, 0.3) is 10.9 Å². The van der Waals surface area contributed by atoms with Gasteiger partial charge >= 0.3 is 0 Å². The molecule has 0 aliphatic rings. The molecule has 0 saturated carbocycles. The van der Waals surface area contributed by atoms with Gasteiger partial charge in [0.1, 0.15) is 5.82 Å². The Balaban J connectivity index is 1.65. The van der Waals surface area contributed by atoms with Crippen molar-refractivity contribution in [3.05, 3.63) is 65.4 Å². The first-order chi connectivity index (χ1) is 10.3. The molecule has 0 aliphatic heterocycles. The van der Waals surface area contributed by atoms with E-state index in [1.54, 1.807) is 0 Å². The maximum Gasteiger partial charge on any atom is 0.224 e. The molecule has 0 saturated heterocycles. The molecule has 0 fully saturated rings. The molecule has 1 N–H and O–H groups in total. The second-order valence-electron chi connectivity index (χ2n) is 4.87. The smallest absolute Gasteiger partial charge is 0.224 e. The normalized spacial score (nSPS) is 10.7. The number of aromatic nitrogens is 2. The number of nitrogens with one attached hydrogen (secondary N) is 1. The van der Waals surface area contributed by atoms with Crippen molar-refractivity contribution in [3.8, 4) is 0 Å². The van der Waals surface area contributed by atoms with Crippen LogP contribution in [-0.2, 0) is 6.42 Å². The van der Waals surface area contributed by atoms with E-state index in [1.165, 1.54) is 5.56 Å². The van der Waals surface area contributed by atoms with E-state index >= 15 is 0 Å². The molecular weight excluding hydrogens is 282 g/mol. The molecule has 0 bridgehead atoms. The van der Waals surface area contributed by atoms with Crippen LogP contribution in [-0.4, -0.2) is 16.5 Å². The number of anilines is 1. The zero-order valence-electron chi connectivity index (χ0n) is 11.6. The number of fused-ring (bicyclic) bond motifs is 1. The average Bonchev–Trinajstić information content (AvgIpc) is 2.52. The topological polar surface area (TPSA) is 37.8 Å². The van der Waals surface area contributed by atoms with Crippen LogP contribution in [0.1, 0.15) is 12.0 Å². The Hall–Kier alpha value is -2.13. The maximum absolute atomic E-state index is 5.97. The first kappa shape index (κ1) is 13.8. The molecule has 21 heavy (non-hydrogen) atoms. The zero-order chi connectivity index (χ0) is 14.5. The average molecular weight is 298 g/mol. The Morgan fingerprint density at radius 3 is 2.52 bits per heavy atom. The van der Waals surface area contributed by atoms with Crippen LogP contribution in [0.2, 0.25) is 5.28 Å². The quantitative estimate of drug-likeness (QED) is 0.563. The summed E-state index contributed by atoms with van der Waals surface area (Å²) < 4.78 is 0. The summed E-state index contributed by atoms with van der Waals surface area (Å²) in [7, 11) is 0. The first-order valence-electron chi connectivity index (χ1n) is 7.03. The third kappa shape index (κ3) is 3.50. The fraction of sp³-hybridized carbons (Fsp3) is 0.176. The Morgan fingerprint density at radius 1 is 0.905 bits per heavy atom. The lowest BCUT2D eigenvalue weighted by atomic mass is 10.1. The van der Waals surface area contributed by atoms with Crippen LogP contribution < -0.4 is 5.32 Å². The van der Waals surface area contributed by atoms with Gasteiger partial charge in [0, 0.05) is 11.9 Å². The summed E-state index contributed by atoms with van der Waals surface area (Å²) in [4.78, 5) is 8.52. The molecule has 3 nitrogen and oxygen atoms in total. The van der Waals surface area contributed by atoms with Crippen molar-refractivity contribution < 1.29 is 0 Å². The summed E-state index contributed by atoms with van der Waals surface area (Å²) in [6, 6.07) is 18.4. The lowest BCUT2D eigenvalue weighted by molar-refractivity contribution is 0.859. The molecule has 1 aromatic heterocycles. The van der Waals surface area contributed by atoms with Gasteiger partial charge in [-0.2, -0.15) is 0 Å². The van der Waals surface area contributed by atoms with Crippen molar-refractivity contribution in [2.24, 2.45) is 0 Å². The number of para-hydroxylation sites is 1. The zero-order valence-corrected chi connectivity index (χ0v) is 12.3. The van der Waals surface area contributed by atoms with Gasteiger partial charge in [-0.3, -0.25) is 0 Å². The van der Waals surface area contributed by atoms with E-state index in [0.29, 0.717) is 0 Å². The predicted octanol–water partition coefficient (Wildman–Crippen LogP) is 4.33. The van der Waals surface area contributed by atoms with Crippen LogP contribution in [0.5, 0.6) is 0 Å². The van der Waals surface area contributed by atoms with E-state index in [4.69, 9.17) is 11.6 Å². The monoisotopic (exact) mass is 297 g/mol. The van der Waals surface area contributed by atoms with Crippen LogP contribution in [0.4, 0.5) is 5.82 Å². The largest absolute Gasteiger partial charge is 0.369 e. The van der Waals surface area contributed by atoms with Gasteiger partial charge in [-0.1, -0.05) is 42.5 Å². The van der Waals surface area contributed by atoms with E-state index in [9.17, 15) is 0 Å². The van der Waals surface area contributed by atoms with Crippen LogP contribution in [0.3, 0.4) is 0 Å². The highest BCUT2D eigenvalue weighted by Crippen LogP contribution is 2.21. The molecule has 0 radical (unpaired) electrons. The van der Waals surface area contributed by atoms with Crippen molar-refractivity contribution in [3.63, 3.8) is 0 Å². The number of nitrogens with zero attached hydrogens (tertiary/aromatic N) is 2. The highest BCUT2D eigenvalue weighted by molar-refractivity contribution is 6.28. The van der Waals surface area contributed by atoms with Gasteiger partial charge in [0.25, 0.3) is 0 Å². The number of aryl methyl sites for hydroxylation is 1. The minimum absolute atomic E-state index is 0.277. The fourth-order valence-electron chi connectivity index (χ4n) is 2.33. The lowest BCUT2D eigenvalue weighted by Crippen LogP contribution is -2.06. The minimum atomic E-state index is 0.277. The Labute approximate surface area is 129 Å². The molecule has 3 rings (SSSR count). The van der Waals surface area contributed by atoms with Crippen LogP contribution in [0.15, 0.2) is 54.6 Å². The molecule has 1 heterocycles. The predicted molar refractivity (Wildman–Crippen MR) is 87.8 cm³/mol. The van der Waals surface area contributed by atoms with Gasteiger partial charge in [-0.05, 0) is 42.1 Å². The molecule has 0 aliphatic carbocycles. The summed E-state index contributed by atoms with van der Waals surface area (Å²) >= 11 is 5.97. The van der Waals surface area contributed by atoms with E-state index in [0.717, 1.165) is 36.1 Å². The number of halogens is 1. The number of hydrogen-bond acceptors (Lipinski definition) is 3. The molecule has 2 aromatic carbocycles. The van der Waals surface area contributed by atoms with E-state index in [1.807, 2.05) is 30.3 Å². The lowest BCUT2D eigenvalue weighted by Gasteiger charge is -2.09. The van der Waals surface area contributed by atoms with Crippen LogP contribution in [0, 0.1) is 0 Å². The fourth-order valence-corrected chi connectivity index (χ4v) is 2.50. The molecule has 0 spiro atoms. The second kappa shape index (κ2) is 6.55. The SMILES string of the molecule is Clc1nc(NCCCc2ccccc2)c2ccccc2n1. The Bertz CT molecular complexity index is 728. The van der Waals surface area contributed by atoms with Gasteiger partial charge in [-0.25, -0.2) is 9.97 Å². The second-order valence-corrected chi connectivity index (χ2v) is 5.21. The van der Waals surface area contributed by atoms with Gasteiger partial charge < -0.3 is 5.32 Å². The third-order valence-electron chi connectivity index (χ3n) is 3.35. The van der Waals surface area contributed by atoms with Crippen molar-refractivity contribution >= 4 is 28.3 Å². The summed E-state index contributed by atoms with van der Waals surface area (Å²) in [5.74, 6) is 0.804. The van der Waals surface area contributed by atoms with E-state index < -0.39 is 0 Å². The highest BCUT2D eigenvalue weighted by Gasteiger charge is 2.05. The summed E-state index contributed by atoms with van der Waals surface area (Å²) in [5.41, 5.74) is 2.22. The molecule has 3 aromatic rings.